The maximum absolute atomic E-state index is 13.0. The number of nitrogens with one attached hydrogen (secondary N) is 1. The van der Waals surface area contributed by atoms with Crippen molar-refractivity contribution in [2.24, 2.45) is 0 Å². The summed E-state index contributed by atoms with van der Waals surface area (Å²) in [5, 5.41) is 2.58. The summed E-state index contributed by atoms with van der Waals surface area (Å²) in [7, 11) is -3.61. The molecular weight excluding hydrogens is 414 g/mol. The Balaban J connectivity index is 1.51. The standard InChI is InChI=1S/C23H27N3O4S/c1-18-8-9-19(2)21(16-18)31(29,30)26-14-12-25(13-15-26)23(28)17-24-22(27)11-10-20-6-4-3-5-7-20/h3-11,16H,12-15,17H2,1-2H3,(H,24,27)/b11-10+. The molecule has 1 N–H and O–H groups in total. The van der Waals surface area contributed by atoms with Crippen LogP contribution in [0.4, 0.5) is 0 Å². The molecule has 0 unspecified atom stereocenters. The lowest BCUT2D eigenvalue weighted by Crippen LogP contribution is -2.52. The van der Waals surface area contributed by atoms with Crippen LogP contribution in [-0.4, -0.2) is 62.2 Å². The van der Waals surface area contributed by atoms with E-state index >= 15 is 0 Å². The van der Waals surface area contributed by atoms with Crippen molar-refractivity contribution in [3.05, 3.63) is 71.3 Å². The molecule has 164 valence electrons. The fourth-order valence-corrected chi connectivity index (χ4v) is 5.10. The van der Waals surface area contributed by atoms with Gasteiger partial charge in [0.25, 0.3) is 0 Å². The van der Waals surface area contributed by atoms with E-state index in [0.717, 1.165) is 11.1 Å². The smallest absolute Gasteiger partial charge is 0.244 e. The molecule has 1 heterocycles. The van der Waals surface area contributed by atoms with Crippen molar-refractivity contribution in [1.29, 1.82) is 0 Å². The minimum atomic E-state index is -3.61. The normalized spacial score (nSPS) is 15.2. The summed E-state index contributed by atoms with van der Waals surface area (Å²) in [5.74, 6) is -0.585. The van der Waals surface area contributed by atoms with Crippen LogP contribution in [0.15, 0.2) is 59.5 Å². The third-order valence-electron chi connectivity index (χ3n) is 5.19. The van der Waals surface area contributed by atoms with Gasteiger partial charge in [-0.2, -0.15) is 4.31 Å². The lowest BCUT2D eigenvalue weighted by atomic mass is 10.2. The highest BCUT2D eigenvalue weighted by molar-refractivity contribution is 7.89. The molecule has 7 nitrogen and oxygen atoms in total. The van der Waals surface area contributed by atoms with E-state index in [4.69, 9.17) is 0 Å². The Morgan fingerprint density at radius 2 is 1.68 bits per heavy atom. The Kier molecular flexibility index (Phi) is 7.25. The number of amides is 2. The van der Waals surface area contributed by atoms with Gasteiger partial charge in [0.1, 0.15) is 0 Å². The monoisotopic (exact) mass is 441 g/mol. The van der Waals surface area contributed by atoms with Crippen LogP contribution < -0.4 is 5.32 Å². The van der Waals surface area contributed by atoms with Gasteiger partial charge in [0, 0.05) is 32.3 Å². The lowest BCUT2D eigenvalue weighted by molar-refractivity contribution is -0.133. The number of piperazine rings is 1. The first-order chi connectivity index (χ1) is 14.8. The molecular formula is C23H27N3O4S. The van der Waals surface area contributed by atoms with Crippen molar-refractivity contribution < 1.29 is 18.0 Å². The molecule has 8 heteroatoms. The van der Waals surface area contributed by atoms with Gasteiger partial charge >= 0.3 is 0 Å². The van der Waals surface area contributed by atoms with Crippen molar-refractivity contribution in [2.75, 3.05) is 32.7 Å². The maximum Gasteiger partial charge on any atom is 0.244 e. The van der Waals surface area contributed by atoms with Crippen LogP contribution in [0.25, 0.3) is 6.08 Å². The van der Waals surface area contributed by atoms with Gasteiger partial charge in [-0.1, -0.05) is 42.5 Å². The van der Waals surface area contributed by atoms with Crippen molar-refractivity contribution >= 4 is 27.9 Å². The molecule has 0 radical (unpaired) electrons. The predicted molar refractivity (Wildman–Crippen MR) is 120 cm³/mol. The van der Waals surface area contributed by atoms with Crippen LogP contribution in [0.3, 0.4) is 0 Å². The van der Waals surface area contributed by atoms with Crippen LogP contribution in [0.2, 0.25) is 0 Å². The maximum atomic E-state index is 13.0. The first kappa shape index (κ1) is 22.7. The molecule has 3 rings (SSSR count). The summed E-state index contributed by atoms with van der Waals surface area (Å²) in [5.41, 5.74) is 2.48. The topological polar surface area (TPSA) is 86.8 Å². The molecule has 0 aliphatic carbocycles. The number of carbonyl (C=O) groups excluding carboxylic acids is 2. The molecule has 1 aliphatic heterocycles. The van der Waals surface area contributed by atoms with Crippen molar-refractivity contribution in [3.63, 3.8) is 0 Å². The SMILES string of the molecule is Cc1ccc(C)c(S(=O)(=O)N2CCN(C(=O)CNC(=O)/C=C/c3ccccc3)CC2)c1. The van der Waals surface area contributed by atoms with Gasteiger partial charge in [-0.3, -0.25) is 9.59 Å². The Morgan fingerprint density at radius 3 is 2.35 bits per heavy atom. The molecule has 1 saturated heterocycles. The molecule has 0 bridgehead atoms. The molecule has 2 aromatic carbocycles. The molecule has 1 aliphatic rings. The quantitative estimate of drug-likeness (QED) is 0.695. The van der Waals surface area contributed by atoms with Gasteiger partial charge in [-0.05, 0) is 42.7 Å². The summed E-state index contributed by atoms with van der Waals surface area (Å²) >= 11 is 0. The molecule has 1 fully saturated rings. The molecule has 31 heavy (non-hydrogen) atoms. The van der Waals surface area contributed by atoms with Crippen LogP contribution in [0, 0.1) is 13.8 Å². The molecule has 0 spiro atoms. The number of hydrogen-bond acceptors (Lipinski definition) is 4. The Morgan fingerprint density at radius 1 is 1.00 bits per heavy atom. The number of sulfonamides is 1. The van der Waals surface area contributed by atoms with Crippen LogP contribution in [0.5, 0.6) is 0 Å². The average molecular weight is 442 g/mol. The van der Waals surface area contributed by atoms with Gasteiger partial charge in [-0.25, -0.2) is 8.42 Å². The second-order valence-electron chi connectivity index (χ2n) is 7.52. The van der Waals surface area contributed by atoms with Crippen molar-refractivity contribution in [3.8, 4) is 0 Å². The van der Waals surface area contributed by atoms with E-state index in [1.807, 2.05) is 43.3 Å². The van der Waals surface area contributed by atoms with Gasteiger partial charge in [-0.15, -0.1) is 0 Å². The Bertz CT molecular complexity index is 1070. The van der Waals surface area contributed by atoms with E-state index in [2.05, 4.69) is 5.32 Å². The second-order valence-corrected chi connectivity index (χ2v) is 9.42. The summed E-state index contributed by atoms with van der Waals surface area (Å²) in [6.07, 6.45) is 3.06. The molecule has 0 aromatic heterocycles. The van der Waals surface area contributed by atoms with Gasteiger partial charge < -0.3 is 10.2 Å². The minimum Gasteiger partial charge on any atom is -0.343 e. The summed E-state index contributed by atoms with van der Waals surface area (Å²) in [6.45, 7) is 4.55. The summed E-state index contributed by atoms with van der Waals surface area (Å²) in [4.78, 5) is 26.3. The molecule has 0 saturated carbocycles. The highest BCUT2D eigenvalue weighted by Gasteiger charge is 2.31. The lowest BCUT2D eigenvalue weighted by Gasteiger charge is -2.34. The molecule has 2 amide bonds. The highest BCUT2D eigenvalue weighted by atomic mass is 32.2. The first-order valence-electron chi connectivity index (χ1n) is 10.1. The van der Waals surface area contributed by atoms with Gasteiger partial charge in [0.2, 0.25) is 21.8 Å². The molecule has 2 aromatic rings. The van der Waals surface area contributed by atoms with E-state index in [1.54, 1.807) is 30.0 Å². The Hall–Kier alpha value is -2.97. The van der Waals surface area contributed by atoms with E-state index in [1.165, 1.54) is 10.4 Å². The van der Waals surface area contributed by atoms with E-state index in [0.29, 0.717) is 23.5 Å². The Labute approximate surface area is 183 Å². The van der Waals surface area contributed by atoms with Crippen LogP contribution in [-0.2, 0) is 19.6 Å². The van der Waals surface area contributed by atoms with E-state index in [-0.39, 0.29) is 31.4 Å². The third kappa shape index (κ3) is 5.80. The number of nitrogens with zero attached hydrogens (tertiary/aromatic N) is 2. The first-order valence-corrected chi connectivity index (χ1v) is 11.6. The second kappa shape index (κ2) is 9.89. The van der Waals surface area contributed by atoms with Gasteiger partial charge in [0.05, 0.1) is 11.4 Å². The summed E-state index contributed by atoms with van der Waals surface area (Å²) < 4.78 is 27.4. The third-order valence-corrected chi connectivity index (χ3v) is 7.23. The number of hydrogen-bond donors (Lipinski definition) is 1. The van der Waals surface area contributed by atoms with E-state index < -0.39 is 10.0 Å². The zero-order valence-corrected chi connectivity index (χ0v) is 18.6. The predicted octanol–water partition coefficient (Wildman–Crippen LogP) is 1.97. The average Bonchev–Trinajstić information content (AvgIpc) is 2.78. The zero-order chi connectivity index (χ0) is 22.4. The number of benzene rings is 2. The van der Waals surface area contributed by atoms with Crippen molar-refractivity contribution in [2.45, 2.75) is 18.7 Å². The van der Waals surface area contributed by atoms with Crippen LogP contribution >= 0.6 is 0 Å². The van der Waals surface area contributed by atoms with Crippen molar-refractivity contribution in [1.82, 2.24) is 14.5 Å². The number of carbonyl (C=O) groups is 2. The number of rotatable bonds is 6. The van der Waals surface area contributed by atoms with E-state index in [9.17, 15) is 18.0 Å². The fourth-order valence-electron chi connectivity index (χ4n) is 3.37. The zero-order valence-electron chi connectivity index (χ0n) is 17.7. The molecule has 0 atom stereocenters. The van der Waals surface area contributed by atoms with Crippen LogP contribution in [0.1, 0.15) is 16.7 Å². The number of aryl methyl sites for hydroxylation is 2. The highest BCUT2D eigenvalue weighted by Crippen LogP contribution is 2.22. The fraction of sp³-hybridized carbons (Fsp3) is 0.304. The summed E-state index contributed by atoms with van der Waals surface area (Å²) in [6, 6.07) is 14.8. The van der Waals surface area contributed by atoms with Gasteiger partial charge in [0.15, 0.2) is 0 Å². The minimum absolute atomic E-state index is 0.123. The largest absolute Gasteiger partial charge is 0.343 e.